The van der Waals surface area contributed by atoms with Gasteiger partial charge in [-0.15, -0.1) is 0 Å². The highest BCUT2D eigenvalue weighted by Gasteiger charge is 2.38. The Morgan fingerprint density at radius 2 is 2.37 bits per heavy atom. The lowest BCUT2D eigenvalue weighted by Gasteiger charge is -2.21. The fourth-order valence-electron chi connectivity index (χ4n) is 2.10. The van der Waals surface area contributed by atoms with Gasteiger partial charge in [-0.3, -0.25) is 0 Å². The molecule has 1 aliphatic rings. The Morgan fingerprint density at radius 3 is 3.00 bits per heavy atom. The van der Waals surface area contributed by atoms with Crippen LogP contribution in [0.25, 0.3) is 0 Å². The highest BCUT2D eigenvalue weighted by Crippen LogP contribution is 2.17. The molecule has 1 aliphatic heterocycles. The molecule has 0 aliphatic carbocycles. The van der Waals surface area contributed by atoms with Crippen LogP contribution in [0.5, 0.6) is 0 Å². The van der Waals surface area contributed by atoms with Gasteiger partial charge in [-0.25, -0.2) is 14.6 Å². The zero-order chi connectivity index (χ0) is 13.8. The number of aliphatic hydroxyl groups is 1. The van der Waals surface area contributed by atoms with Crippen LogP contribution in [-0.4, -0.2) is 62.3 Å². The second-order valence-electron chi connectivity index (χ2n) is 4.45. The van der Waals surface area contributed by atoms with Crippen molar-refractivity contribution in [2.75, 3.05) is 13.1 Å². The molecule has 104 valence electrons. The predicted molar refractivity (Wildman–Crippen MR) is 64.4 cm³/mol. The summed E-state index contributed by atoms with van der Waals surface area (Å²) in [5.74, 6) is -1.10. The molecule has 19 heavy (non-hydrogen) atoms. The number of carbonyl (C=O) groups excluding carboxylic acids is 1. The third-order valence-corrected chi connectivity index (χ3v) is 3.05. The largest absolute Gasteiger partial charge is 0.480 e. The number of urea groups is 1. The van der Waals surface area contributed by atoms with Gasteiger partial charge in [-0.05, 0) is 0 Å². The zero-order valence-electron chi connectivity index (χ0n) is 10.2. The quantitative estimate of drug-likeness (QED) is 0.569. The van der Waals surface area contributed by atoms with Crippen molar-refractivity contribution >= 4 is 12.0 Å². The molecule has 2 heterocycles. The first-order valence-electron chi connectivity index (χ1n) is 6.00. The van der Waals surface area contributed by atoms with Gasteiger partial charge in [0.1, 0.15) is 6.04 Å². The van der Waals surface area contributed by atoms with Gasteiger partial charge in [0, 0.05) is 37.8 Å². The van der Waals surface area contributed by atoms with Crippen LogP contribution < -0.4 is 5.32 Å². The molecule has 8 nitrogen and oxygen atoms in total. The van der Waals surface area contributed by atoms with E-state index in [1.165, 1.54) is 0 Å². The number of imidazole rings is 1. The van der Waals surface area contributed by atoms with E-state index in [9.17, 15) is 14.7 Å². The summed E-state index contributed by atoms with van der Waals surface area (Å²) >= 11 is 0. The van der Waals surface area contributed by atoms with Gasteiger partial charge in [0.2, 0.25) is 0 Å². The maximum Gasteiger partial charge on any atom is 0.326 e. The van der Waals surface area contributed by atoms with Crippen molar-refractivity contribution < 1.29 is 19.8 Å². The van der Waals surface area contributed by atoms with Crippen molar-refractivity contribution in [1.29, 1.82) is 0 Å². The molecule has 1 aromatic heterocycles. The van der Waals surface area contributed by atoms with Crippen LogP contribution in [0, 0.1) is 0 Å². The molecular formula is C11H16N4O4. The molecule has 2 atom stereocenters. The molecule has 8 heteroatoms. The molecular weight excluding hydrogens is 252 g/mol. The Morgan fingerprint density at radius 1 is 1.58 bits per heavy atom. The van der Waals surface area contributed by atoms with Gasteiger partial charge in [-0.2, -0.15) is 0 Å². The van der Waals surface area contributed by atoms with E-state index in [1.54, 1.807) is 12.5 Å². The molecule has 2 rings (SSSR count). The first-order valence-corrected chi connectivity index (χ1v) is 6.00. The van der Waals surface area contributed by atoms with Gasteiger partial charge in [0.05, 0.1) is 12.4 Å². The topological polar surface area (TPSA) is 119 Å². The van der Waals surface area contributed by atoms with Crippen molar-refractivity contribution in [3.63, 3.8) is 0 Å². The predicted octanol–water partition coefficient (Wildman–Crippen LogP) is -0.818. The number of nitrogens with zero attached hydrogens (tertiary/aromatic N) is 2. The zero-order valence-corrected chi connectivity index (χ0v) is 10.2. The molecule has 0 aromatic carbocycles. The normalized spacial score (nSPS) is 22.5. The highest BCUT2D eigenvalue weighted by atomic mass is 16.4. The van der Waals surface area contributed by atoms with Crippen molar-refractivity contribution in [2.24, 2.45) is 0 Å². The van der Waals surface area contributed by atoms with Crippen LogP contribution in [0.1, 0.15) is 12.1 Å². The number of aromatic amines is 1. The third kappa shape index (κ3) is 3.22. The monoisotopic (exact) mass is 268 g/mol. The number of hydrogen-bond acceptors (Lipinski definition) is 4. The van der Waals surface area contributed by atoms with Gasteiger partial charge in [-0.1, -0.05) is 0 Å². The van der Waals surface area contributed by atoms with E-state index < -0.39 is 24.1 Å². The molecule has 0 unspecified atom stereocenters. The smallest absolute Gasteiger partial charge is 0.326 e. The Bertz CT molecular complexity index is 448. The summed E-state index contributed by atoms with van der Waals surface area (Å²) in [5, 5.41) is 21.1. The van der Waals surface area contributed by atoms with E-state index in [1.807, 2.05) is 0 Å². The number of β-amino-alcohol motifs (C(OH)–C–C–N with tert-alkyl or cyclic N) is 1. The van der Waals surface area contributed by atoms with E-state index in [2.05, 4.69) is 15.3 Å². The average Bonchev–Trinajstić information content (AvgIpc) is 2.98. The number of H-pyrrole nitrogens is 1. The fraction of sp³-hybridized carbons (Fsp3) is 0.545. The second kappa shape index (κ2) is 5.70. The minimum Gasteiger partial charge on any atom is -0.480 e. The van der Waals surface area contributed by atoms with Crippen molar-refractivity contribution in [2.45, 2.75) is 25.0 Å². The Hall–Kier alpha value is -2.09. The Balaban J connectivity index is 1.83. The number of nitrogens with one attached hydrogen (secondary N) is 2. The summed E-state index contributed by atoms with van der Waals surface area (Å²) in [6.45, 7) is 0.423. The molecule has 1 fully saturated rings. The molecule has 0 saturated carbocycles. The van der Waals surface area contributed by atoms with Crippen LogP contribution in [0.4, 0.5) is 4.79 Å². The van der Waals surface area contributed by atoms with E-state index in [4.69, 9.17) is 5.11 Å². The third-order valence-electron chi connectivity index (χ3n) is 3.05. The standard InChI is InChI=1S/C11H16N4O4/c16-8-3-9(10(17)18)15(5-8)11(19)13-2-1-7-4-12-6-14-7/h4,6,8-9,16H,1-3,5H2,(H,12,14)(H,13,19)(H,17,18)/t8-,9+/m1/s1. The van der Waals surface area contributed by atoms with Gasteiger partial charge in [0.25, 0.3) is 0 Å². The first kappa shape index (κ1) is 13.3. The van der Waals surface area contributed by atoms with E-state index >= 15 is 0 Å². The Kier molecular flexibility index (Phi) is 4.00. The highest BCUT2D eigenvalue weighted by molar-refractivity contribution is 5.83. The number of rotatable bonds is 4. The summed E-state index contributed by atoms with van der Waals surface area (Å²) in [5.41, 5.74) is 0.886. The van der Waals surface area contributed by atoms with Crippen LogP contribution in [-0.2, 0) is 11.2 Å². The number of aliphatic hydroxyl groups excluding tert-OH is 1. The number of likely N-dealkylation sites (tertiary alicyclic amines) is 1. The van der Waals surface area contributed by atoms with E-state index in [0.717, 1.165) is 10.6 Å². The molecule has 4 N–H and O–H groups in total. The molecule has 2 amide bonds. The first-order chi connectivity index (χ1) is 9.08. The minimum absolute atomic E-state index is 0.0485. The van der Waals surface area contributed by atoms with Crippen LogP contribution in [0.3, 0.4) is 0 Å². The number of carboxylic acid groups (broad SMARTS) is 1. The maximum atomic E-state index is 11.8. The molecule has 0 bridgehead atoms. The summed E-state index contributed by atoms with van der Waals surface area (Å²) in [6, 6.07) is -1.43. The summed E-state index contributed by atoms with van der Waals surface area (Å²) < 4.78 is 0. The lowest BCUT2D eigenvalue weighted by molar-refractivity contribution is -0.141. The minimum atomic E-state index is -1.10. The average molecular weight is 268 g/mol. The number of carbonyl (C=O) groups is 2. The number of aliphatic carboxylic acids is 1. The second-order valence-corrected chi connectivity index (χ2v) is 4.45. The van der Waals surface area contributed by atoms with Gasteiger partial charge < -0.3 is 25.4 Å². The number of aromatic nitrogens is 2. The van der Waals surface area contributed by atoms with Crippen LogP contribution in [0.15, 0.2) is 12.5 Å². The molecule has 1 aromatic rings. The SMILES string of the molecule is O=C(O)[C@@H]1C[C@@H](O)CN1C(=O)NCCc1cnc[nH]1. The number of carboxylic acids is 1. The molecule has 0 spiro atoms. The Labute approximate surface area is 109 Å². The van der Waals surface area contributed by atoms with E-state index in [0.29, 0.717) is 13.0 Å². The van der Waals surface area contributed by atoms with Crippen molar-refractivity contribution in [3.8, 4) is 0 Å². The summed E-state index contributed by atoms with van der Waals surface area (Å²) in [4.78, 5) is 30.7. The van der Waals surface area contributed by atoms with Crippen molar-refractivity contribution in [3.05, 3.63) is 18.2 Å². The van der Waals surface area contributed by atoms with E-state index in [-0.39, 0.29) is 13.0 Å². The molecule has 0 radical (unpaired) electrons. The van der Waals surface area contributed by atoms with Crippen molar-refractivity contribution in [1.82, 2.24) is 20.2 Å². The lowest BCUT2D eigenvalue weighted by Crippen LogP contribution is -2.46. The lowest BCUT2D eigenvalue weighted by atomic mass is 10.2. The van der Waals surface area contributed by atoms with Crippen LogP contribution >= 0.6 is 0 Å². The number of amides is 2. The maximum absolute atomic E-state index is 11.8. The summed E-state index contributed by atoms with van der Waals surface area (Å²) in [6.07, 6.45) is 3.09. The van der Waals surface area contributed by atoms with Gasteiger partial charge >= 0.3 is 12.0 Å². The van der Waals surface area contributed by atoms with Crippen LogP contribution in [0.2, 0.25) is 0 Å². The summed E-state index contributed by atoms with van der Waals surface area (Å²) in [7, 11) is 0. The molecule has 1 saturated heterocycles. The number of hydrogen-bond donors (Lipinski definition) is 4. The fourth-order valence-corrected chi connectivity index (χ4v) is 2.10. The van der Waals surface area contributed by atoms with Gasteiger partial charge in [0.15, 0.2) is 0 Å².